The van der Waals surface area contributed by atoms with Crippen LogP contribution >= 0.6 is 0 Å². The summed E-state index contributed by atoms with van der Waals surface area (Å²) in [6.07, 6.45) is 1.75. The topological polar surface area (TPSA) is 347 Å². The molecule has 0 bridgehead atoms. The van der Waals surface area contributed by atoms with Crippen LogP contribution in [0.3, 0.4) is 0 Å². The summed E-state index contributed by atoms with van der Waals surface area (Å²) in [5, 5.41) is 12.5. The molecule has 20 heteroatoms. The van der Waals surface area contributed by atoms with Crippen molar-refractivity contribution in [3.63, 3.8) is 0 Å². The molecule has 0 aromatic heterocycles. The molecular formula is C32H57N11O9. The fourth-order valence-electron chi connectivity index (χ4n) is 5.45. The SMILES string of the molecule is CC(C)C[C@H](NC(=O)CNC(=O)[C@H](CCC(N)=O)NC(=O)[C@@H]1CCCN1C(=O)[C@@H](N)CCC(N)=O)C(=O)N[C@@H](C)C(=O)N[C@@H](CCCCN)C(N)=O. The predicted molar refractivity (Wildman–Crippen MR) is 188 cm³/mol. The molecule has 294 valence electrons. The molecule has 0 radical (unpaired) electrons. The van der Waals surface area contributed by atoms with E-state index in [1.165, 1.54) is 11.8 Å². The lowest BCUT2D eigenvalue weighted by Gasteiger charge is -2.28. The molecule has 1 aliphatic heterocycles. The lowest BCUT2D eigenvalue weighted by Crippen LogP contribution is -2.57. The van der Waals surface area contributed by atoms with Gasteiger partial charge in [0.15, 0.2) is 0 Å². The number of carbonyl (C=O) groups excluding carboxylic acids is 9. The fourth-order valence-corrected chi connectivity index (χ4v) is 5.45. The number of amides is 9. The number of hydrogen-bond donors (Lipinski definition) is 10. The molecule has 52 heavy (non-hydrogen) atoms. The molecule has 0 aromatic carbocycles. The molecule has 20 nitrogen and oxygen atoms in total. The maximum Gasteiger partial charge on any atom is 0.243 e. The Balaban J connectivity index is 2.89. The highest BCUT2D eigenvalue weighted by atomic mass is 16.2. The van der Waals surface area contributed by atoms with Gasteiger partial charge in [-0.2, -0.15) is 0 Å². The maximum absolute atomic E-state index is 13.3. The summed E-state index contributed by atoms with van der Waals surface area (Å²) in [5.41, 5.74) is 27.2. The molecule has 0 spiro atoms. The second kappa shape index (κ2) is 22.9. The molecule has 9 amide bonds. The van der Waals surface area contributed by atoms with Gasteiger partial charge in [0.1, 0.15) is 30.2 Å². The van der Waals surface area contributed by atoms with Gasteiger partial charge in [0.2, 0.25) is 53.2 Å². The molecule has 1 fully saturated rings. The number of nitrogens with one attached hydrogen (secondary N) is 5. The molecule has 0 unspecified atom stereocenters. The first-order chi connectivity index (χ1) is 24.4. The minimum absolute atomic E-state index is 0.00784. The lowest BCUT2D eigenvalue weighted by atomic mass is 10.0. The Hall–Kier alpha value is -4.85. The van der Waals surface area contributed by atoms with Crippen LogP contribution in [-0.2, 0) is 43.2 Å². The molecule has 0 aliphatic carbocycles. The van der Waals surface area contributed by atoms with Crippen LogP contribution in [0, 0.1) is 5.92 Å². The van der Waals surface area contributed by atoms with Crippen LogP contribution < -0.4 is 55.3 Å². The van der Waals surface area contributed by atoms with E-state index in [0.717, 1.165) is 0 Å². The van der Waals surface area contributed by atoms with Crippen LogP contribution in [0.25, 0.3) is 0 Å². The number of nitrogens with two attached hydrogens (primary N) is 5. The number of rotatable bonds is 24. The van der Waals surface area contributed by atoms with Crippen molar-refractivity contribution < 1.29 is 43.2 Å². The highest BCUT2D eigenvalue weighted by Crippen LogP contribution is 2.19. The van der Waals surface area contributed by atoms with Gasteiger partial charge >= 0.3 is 0 Å². The van der Waals surface area contributed by atoms with Crippen LogP contribution in [-0.4, -0.2) is 114 Å². The fraction of sp³-hybridized carbons (Fsp3) is 0.719. The minimum Gasteiger partial charge on any atom is -0.370 e. The number of hydrogen-bond acceptors (Lipinski definition) is 11. The van der Waals surface area contributed by atoms with Crippen molar-refractivity contribution in [1.82, 2.24) is 31.5 Å². The van der Waals surface area contributed by atoms with Crippen LogP contribution in [0.1, 0.15) is 85.0 Å². The first kappa shape index (κ1) is 45.2. The van der Waals surface area contributed by atoms with Crippen LogP contribution in [0.4, 0.5) is 0 Å². The third-order valence-corrected chi connectivity index (χ3v) is 8.31. The Morgan fingerprint density at radius 1 is 0.731 bits per heavy atom. The van der Waals surface area contributed by atoms with Gasteiger partial charge in [0.25, 0.3) is 0 Å². The van der Waals surface area contributed by atoms with Crippen molar-refractivity contribution in [3.05, 3.63) is 0 Å². The number of primary amides is 3. The molecule has 6 atom stereocenters. The largest absolute Gasteiger partial charge is 0.370 e. The zero-order valence-corrected chi connectivity index (χ0v) is 30.2. The van der Waals surface area contributed by atoms with Crippen molar-refractivity contribution >= 4 is 53.2 Å². The van der Waals surface area contributed by atoms with Gasteiger partial charge in [-0.3, -0.25) is 43.2 Å². The first-order valence-corrected chi connectivity index (χ1v) is 17.5. The molecule has 0 saturated carbocycles. The van der Waals surface area contributed by atoms with Gasteiger partial charge in [-0.1, -0.05) is 13.8 Å². The van der Waals surface area contributed by atoms with Gasteiger partial charge in [-0.15, -0.1) is 0 Å². The van der Waals surface area contributed by atoms with Gasteiger partial charge in [-0.25, -0.2) is 0 Å². The standard InChI is InChI=1S/C32H57N11O9/c1-17(2)15-22(30(50)39-18(3)28(48)41-20(27(37)47)7-4-5-13-33)40-26(46)16-38-29(49)21(10-12-25(36)45)42-31(51)23-8-6-14-43(23)32(52)19(34)9-11-24(35)44/h17-23H,4-16,33-34H2,1-3H3,(H2,35,44)(H2,36,45)(H2,37,47)(H,38,49)(H,39,50)(H,40,46)(H,41,48)(H,42,51)/t18-,19-,20-,21-,22-,23-/m0/s1. The van der Waals surface area contributed by atoms with Crippen molar-refractivity contribution in [2.24, 2.45) is 34.6 Å². The summed E-state index contributed by atoms with van der Waals surface area (Å²) in [4.78, 5) is 114. The zero-order chi connectivity index (χ0) is 39.5. The summed E-state index contributed by atoms with van der Waals surface area (Å²) >= 11 is 0. The van der Waals surface area contributed by atoms with Gasteiger partial charge < -0.3 is 60.2 Å². The Morgan fingerprint density at radius 3 is 1.94 bits per heavy atom. The van der Waals surface area contributed by atoms with Crippen molar-refractivity contribution in [3.8, 4) is 0 Å². The van der Waals surface area contributed by atoms with Gasteiger partial charge in [0, 0.05) is 19.4 Å². The Kier molecular flexibility index (Phi) is 19.9. The lowest BCUT2D eigenvalue weighted by molar-refractivity contribution is -0.140. The number of likely N-dealkylation sites (tertiary alicyclic amines) is 1. The van der Waals surface area contributed by atoms with Crippen LogP contribution in [0.15, 0.2) is 0 Å². The molecule has 1 aliphatic rings. The zero-order valence-electron chi connectivity index (χ0n) is 30.2. The monoisotopic (exact) mass is 739 g/mol. The van der Waals surface area contributed by atoms with E-state index in [-0.39, 0.29) is 57.4 Å². The van der Waals surface area contributed by atoms with E-state index in [4.69, 9.17) is 28.7 Å². The Labute approximate surface area is 303 Å². The van der Waals surface area contributed by atoms with Crippen molar-refractivity contribution in [2.75, 3.05) is 19.6 Å². The Morgan fingerprint density at radius 2 is 1.37 bits per heavy atom. The molecule has 1 heterocycles. The van der Waals surface area contributed by atoms with Crippen LogP contribution in [0.5, 0.6) is 0 Å². The van der Waals surface area contributed by atoms with E-state index < -0.39 is 96.0 Å². The molecule has 1 saturated heterocycles. The third-order valence-electron chi connectivity index (χ3n) is 8.31. The summed E-state index contributed by atoms with van der Waals surface area (Å²) in [6.45, 7) is 5.03. The average Bonchev–Trinajstić information content (AvgIpc) is 3.56. The smallest absolute Gasteiger partial charge is 0.243 e. The molecule has 0 aromatic rings. The normalized spacial score (nSPS) is 16.8. The van der Waals surface area contributed by atoms with Gasteiger partial charge in [0.05, 0.1) is 12.6 Å². The average molecular weight is 740 g/mol. The number of nitrogens with zero attached hydrogens (tertiary/aromatic N) is 1. The minimum atomic E-state index is -1.32. The van der Waals surface area contributed by atoms with Crippen LogP contribution in [0.2, 0.25) is 0 Å². The van der Waals surface area contributed by atoms with E-state index in [1.54, 1.807) is 0 Å². The van der Waals surface area contributed by atoms with E-state index in [0.29, 0.717) is 25.8 Å². The van der Waals surface area contributed by atoms with Crippen molar-refractivity contribution in [2.45, 2.75) is 121 Å². The summed E-state index contributed by atoms with van der Waals surface area (Å²) in [7, 11) is 0. The van der Waals surface area contributed by atoms with Crippen molar-refractivity contribution in [1.29, 1.82) is 0 Å². The quantitative estimate of drug-likeness (QED) is 0.0421. The Bertz CT molecular complexity index is 1300. The first-order valence-electron chi connectivity index (χ1n) is 17.5. The number of unbranched alkanes of at least 4 members (excludes halogenated alkanes) is 1. The molecule has 1 rings (SSSR count). The highest BCUT2D eigenvalue weighted by Gasteiger charge is 2.38. The second-order valence-electron chi connectivity index (χ2n) is 13.3. The van der Waals surface area contributed by atoms with E-state index in [1.807, 2.05) is 13.8 Å². The van der Waals surface area contributed by atoms with E-state index in [9.17, 15) is 43.2 Å². The molecular weight excluding hydrogens is 682 g/mol. The summed E-state index contributed by atoms with van der Waals surface area (Å²) in [6, 6.07) is -6.52. The summed E-state index contributed by atoms with van der Waals surface area (Å²) < 4.78 is 0. The van der Waals surface area contributed by atoms with E-state index in [2.05, 4.69) is 26.6 Å². The maximum atomic E-state index is 13.3. The van der Waals surface area contributed by atoms with Gasteiger partial charge in [-0.05, 0) is 70.8 Å². The highest BCUT2D eigenvalue weighted by molar-refractivity contribution is 5.96. The number of carbonyl (C=O) groups is 9. The van der Waals surface area contributed by atoms with E-state index >= 15 is 0 Å². The predicted octanol–water partition coefficient (Wildman–Crippen LogP) is -4.43. The third kappa shape index (κ3) is 16.4. The second-order valence-corrected chi connectivity index (χ2v) is 13.3. The summed E-state index contributed by atoms with van der Waals surface area (Å²) in [5.74, 6) is -6.38. The molecule has 15 N–H and O–H groups in total.